The van der Waals surface area contributed by atoms with E-state index in [1.54, 1.807) is 6.07 Å². The van der Waals surface area contributed by atoms with Crippen molar-refractivity contribution in [1.82, 2.24) is 0 Å². The molecule has 0 bridgehead atoms. The lowest BCUT2D eigenvalue weighted by Gasteiger charge is -2.16. The number of carbonyl (C=O) groups excluding carboxylic acids is 1. The number of halogens is 2. The normalized spacial score (nSPS) is 12.7. The molecule has 1 unspecified atom stereocenters. The van der Waals surface area contributed by atoms with Gasteiger partial charge in [-0.2, -0.15) is 0 Å². The van der Waals surface area contributed by atoms with Crippen molar-refractivity contribution in [3.63, 3.8) is 0 Å². The van der Waals surface area contributed by atoms with Crippen LogP contribution in [0.3, 0.4) is 0 Å². The summed E-state index contributed by atoms with van der Waals surface area (Å²) in [6.45, 7) is 4.76. The number of hydrogen-bond acceptors (Lipinski definition) is 2. The first-order chi connectivity index (χ1) is 8.92. The lowest BCUT2D eigenvalue weighted by atomic mass is 9.91. The van der Waals surface area contributed by atoms with Gasteiger partial charge in [0.15, 0.2) is 0 Å². The molecule has 1 atom stereocenters. The molecule has 0 aliphatic carbocycles. The van der Waals surface area contributed by atoms with E-state index in [0.29, 0.717) is 24.4 Å². The fourth-order valence-corrected chi connectivity index (χ4v) is 2.60. The Morgan fingerprint density at radius 3 is 2.68 bits per heavy atom. The monoisotopic (exact) mass is 329 g/mol. The third kappa shape index (κ3) is 5.83. The molecular weight excluding hydrogens is 309 g/mol. The molecule has 0 aromatic heterocycles. The standard InChI is InChI=1S/C15H21BrFNO/c1-10(2)5-11(9-18)6-14(19)8-12-7-13(17)3-4-15(12)16/h3-4,7,10-11H,5-6,8-9,18H2,1-2H3. The summed E-state index contributed by atoms with van der Waals surface area (Å²) in [5, 5.41) is 0. The Balaban J connectivity index is 2.61. The Morgan fingerprint density at radius 1 is 1.42 bits per heavy atom. The van der Waals surface area contributed by atoms with Gasteiger partial charge in [-0.1, -0.05) is 29.8 Å². The molecule has 2 N–H and O–H groups in total. The van der Waals surface area contributed by atoms with Crippen molar-refractivity contribution >= 4 is 21.7 Å². The Bertz CT molecular complexity index is 434. The first kappa shape index (κ1) is 16.3. The van der Waals surface area contributed by atoms with Gasteiger partial charge in [0.1, 0.15) is 11.6 Å². The van der Waals surface area contributed by atoms with Crippen LogP contribution in [0.5, 0.6) is 0 Å². The second kappa shape index (κ2) is 7.75. The zero-order valence-corrected chi connectivity index (χ0v) is 13.0. The van der Waals surface area contributed by atoms with Gasteiger partial charge in [-0.3, -0.25) is 4.79 Å². The second-order valence-electron chi connectivity index (χ2n) is 5.39. The number of nitrogens with two attached hydrogens (primary N) is 1. The molecule has 1 aromatic rings. The van der Waals surface area contributed by atoms with Gasteiger partial charge in [-0.05, 0) is 48.6 Å². The molecule has 4 heteroatoms. The van der Waals surface area contributed by atoms with E-state index in [0.717, 1.165) is 10.9 Å². The zero-order valence-electron chi connectivity index (χ0n) is 11.5. The van der Waals surface area contributed by atoms with Crippen molar-refractivity contribution in [2.75, 3.05) is 6.54 Å². The summed E-state index contributed by atoms with van der Waals surface area (Å²) in [5.41, 5.74) is 6.39. The summed E-state index contributed by atoms with van der Waals surface area (Å²) >= 11 is 3.34. The maximum absolute atomic E-state index is 13.1. The number of Topliss-reactive ketones (excluding diaryl/α,β-unsaturated/α-hetero) is 1. The first-order valence-electron chi connectivity index (χ1n) is 6.58. The van der Waals surface area contributed by atoms with Crippen LogP contribution in [0.4, 0.5) is 4.39 Å². The topological polar surface area (TPSA) is 43.1 Å². The summed E-state index contributed by atoms with van der Waals surface area (Å²) in [4.78, 5) is 12.0. The van der Waals surface area contributed by atoms with Gasteiger partial charge in [0.25, 0.3) is 0 Å². The summed E-state index contributed by atoms with van der Waals surface area (Å²) in [6, 6.07) is 4.41. The quantitative estimate of drug-likeness (QED) is 0.828. The van der Waals surface area contributed by atoms with Crippen molar-refractivity contribution in [3.05, 3.63) is 34.1 Å². The van der Waals surface area contributed by atoms with Crippen molar-refractivity contribution in [2.24, 2.45) is 17.6 Å². The number of rotatable bonds is 7. The molecule has 0 radical (unpaired) electrons. The summed E-state index contributed by atoms with van der Waals surface area (Å²) < 4.78 is 13.9. The van der Waals surface area contributed by atoms with Gasteiger partial charge in [-0.25, -0.2) is 4.39 Å². The lowest BCUT2D eigenvalue weighted by molar-refractivity contribution is -0.119. The van der Waals surface area contributed by atoms with Crippen LogP contribution in [0.15, 0.2) is 22.7 Å². The first-order valence-corrected chi connectivity index (χ1v) is 7.37. The molecule has 2 nitrogen and oxygen atoms in total. The van der Waals surface area contributed by atoms with Crippen LogP contribution in [0, 0.1) is 17.7 Å². The van der Waals surface area contributed by atoms with E-state index in [1.807, 2.05) is 0 Å². The van der Waals surface area contributed by atoms with Crippen LogP contribution in [0.25, 0.3) is 0 Å². The number of benzene rings is 1. The van der Waals surface area contributed by atoms with Gasteiger partial charge in [-0.15, -0.1) is 0 Å². The molecule has 0 aliphatic rings. The fraction of sp³-hybridized carbons (Fsp3) is 0.533. The van der Waals surface area contributed by atoms with Crippen molar-refractivity contribution in [3.8, 4) is 0 Å². The molecule has 1 rings (SSSR count). The largest absolute Gasteiger partial charge is 0.330 e. The van der Waals surface area contributed by atoms with Crippen molar-refractivity contribution < 1.29 is 9.18 Å². The molecule has 106 valence electrons. The Labute approximate surface area is 122 Å². The number of carbonyl (C=O) groups is 1. The highest BCUT2D eigenvalue weighted by molar-refractivity contribution is 9.10. The molecule has 1 aromatic carbocycles. The Morgan fingerprint density at radius 2 is 2.11 bits per heavy atom. The fourth-order valence-electron chi connectivity index (χ4n) is 2.21. The molecular formula is C15H21BrFNO. The molecule has 0 aliphatic heterocycles. The van der Waals surface area contributed by atoms with Gasteiger partial charge >= 0.3 is 0 Å². The maximum atomic E-state index is 13.1. The Kier molecular flexibility index (Phi) is 6.66. The van der Waals surface area contributed by atoms with Crippen LogP contribution in [-0.2, 0) is 11.2 Å². The van der Waals surface area contributed by atoms with Crippen LogP contribution in [-0.4, -0.2) is 12.3 Å². The molecule has 0 amide bonds. The molecule has 0 saturated carbocycles. The molecule has 0 fully saturated rings. The smallest absolute Gasteiger partial charge is 0.137 e. The van der Waals surface area contributed by atoms with Crippen molar-refractivity contribution in [1.29, 1.82) is 0 Å². The minimum Gasteiger partial charge on any atom is -0.330 e. The highest BCUT2D eigenvalue weighted by atomic mass is 79.9. The Hall–Kier alpha value is -0.740. The third-order valence-corrected chi connectivity index (χ3v) is 3.82. The minimum atomic E-state index is -0.316. The van der Waals surface area contributed by atoms with E-state index in [-0.39, 0.29) is 23.9 Å². The third-order valence-electron chi connectivity index (χ3n) is 3.05. The maximum Gasteiger partial charge on any atom is 0.137 e. The van der Waals surface area contributed by atoms with Gasteiger partial charge in [0.05, 0.1) is 0 Å². The van der Waals surface area contributed by atoms with Crippen molar-refractivity contribution in [2.45, 2.75) is 33.1 Å². The number of ketones is 1. The van der Waals surface area contributed by atoms with Crippen LogP contribution < -0.4 is 5.73 Å². The predicted octanol–water partition coefficient (Wildman–Crippen LogP) is 3.71. The average molecular weight is 330 g/mol. The van der Waals surface area contributed by atoms with E-state index < -0.39 is 0 Å². The predicted molar refractivity (Wildman–Crippen MR) is 79.4 cm³/mol. The average Bonchev–Trinajstić information content (AvgIpc) is 2.32. The summed E-state index contributed by atoms with van der Waals surface area (Å²) in [7, 11) is 0. The minimum absolute atomic E-state index is 0.113. The van der Waals surface area contributed by atoms with E-state index in [2.05, 4.69) is 29.8 Å². The van der Waals surface area contributed by atoms with Gasteiger partial charge in [0, 0.05) is 17.3 Å². The van der Waals surface area contributed by atoms with Gasteiger partial charge in [0.2, 0.25) is 0 Å². The summed E-state index contributed by atoms with van der Waals surface area (Å²) in [6.07, 6.45) is 1.68. The van der Waals surface area contributed by atoms with E-state index in [9.17, 15) is 9.18 Å². The van der Waals surface area contributed by atoms with Crippen LogP contribution in [0.2, 0.25) is 0 Å². The summed E-state index contributed by atoms with van der Waals surface area (Å²) in [5.74, 6) is 0.549. The van der Waals surface area contributed by atoms with E-state index in [4.69, 9.17) is 5.73 Å². The SMILES string of the molecule is CC(C)CC(CN)CC(=O)Cc1cc(F)ccc1Br. The zero-order chi connectivity index (χ0) is 14.4. The van der Waals surface area contributed by atoms with Gasteiger partial charge < -0.3 is 5.73 Å². The molecule has 0 saturated heterocycles. The highest BCUT2D eigenvalue weighted by Crippen LogP contribution is 2.21. The highest BCUT2D eigenvalue weighted by Gasteiger charge is 2.15. The number of hydrogen-bond donors (Lipinski definition) is 1. The lowest BCUT2D eigenvalue weighted by Crippen LogP contribution is -2.21. The van der Waals surface area contributed by atoms with E-state index in [1.165, 1.54) is 12.1 Å². The molecule has 0 heterocycles. The van der Waals surface area contributed by atoms with Crippen LogP contribution in [0.1, 0.15) is 32.3 Å². The van der Waals surface area contributed by atoms with Crippen LogP contribution >= 0.6 is 15.9 Å². The molecule has 0 spiro atoms. The molecule has 19 heavy (non-hydrogen) atoms. The second-order valence-corrected chi connectivity index (χ2v) is 6.24. The van der Waals surface area contributed by atoms with E-state index >= 15 is 0 Å².